The van der Waals surface area contributed by atoms with Gasteiger partial charge in [0.15, 0.2) is 16.6 Å². The molecule has 0 N–H and O–H groups in total. The Morgan fingerprint density at radius 3 is 2.52 bits per heavy atom. The van der Waals surface area contributed by atoms with Gasteiger partial charge in [-0.2, -0.15) is 0 Å². The van der Waals surface area contributed by atoms with Gasteiger partial charge in [0.1, 0.15) is 11.9 Å². The highest BCUT2D eigenvalue weighted by Crippen LogP contribution is 2.36. The number of carbonyl (C=O) groups excluding carboxylic acids is 1. The molecule has 132 valence electrons. The molecular weight excluding hydrogens is 342 g/mol. The maximum atomic E-state index is 11.4. The fourth-order valence-electron chi connectivity index (χ4n) is 2.29. The van der Waals surface area contributed by atoms with Crippen LogP contribution >= 0.6 is 11.8 Å². The summed E-state index contributed by atoms with van der Waals surface area (Å²) in [7, 11) is 1.51. The molecule has 0 fully saturated rings. The first-order valence-corrected chi connectivity index (χ1v) is 8.51. The zero-order chi connectivity index (χ0) is 18.2. The summed E-state index contributed by atoms with van der Waals surface area (Å²) < 4.78 is 11.1. The maximum absolute atomic E-state index is 11.4. The third-order valence-corrected chi connectivity index (χ3v) is 4.46. The molecule has 0 aromatic heterocycles. The Morgan fingerprint density at radius 2 is 1.92 bits per heavy atom. The molecule has 0 radical (unpaired) electrons. The Labute approximate surface area is 150 Å². The van der Waals surface area contributed by atoms with Crippen LogP contribution in [-0.4, -0.2) is 23.7 Å². The van der Waals surface area contributed by atoms with Crippen molar-refractivity contribution in [1.29, 1.82) is 0 Å². The van der Waals surface area contributed by atoms with Crippen LogP contribution in [0.25, 0.3) is 0 Å². The number of methoxy groups -OCH3 is 1. The summed E-state index contributed by atoms with van der Waals surface area (Å²) in [6.45, 7) is 1.45. The zero-order valence-corrected chi connectivity index (χ0v) is 14.8. The molecular formula is C18H19NO5S. The first-order chi connectivity index (χ1) is 12.0. The average molecular weight is 361 g/mol. The van der Waals surface area contributed by atoms with E-state index in [2.05, 4.69) is 0 Å². The van der Waals surface area contributed by atoms with Crippen LogP contribution in [-0.2, 0) is 11.4 Å². The maximum Gasteiger partial charge on any atom is 0.220 e. The molecule has 0 saturated carbocycles. The molecule has 0 spiro atoms. The van der Waals surface area contributed by atoms with E-state index in [-0.39, 0.29) is 11.7 Å². The number of ether oxygens (including phenoxy) is 2. The first-order valence-electron chi connectivity index (χ1n) is 7.63. The molecule has 0 aliphatic heterocycles. The molecule has 0 aliphatic rings. The first kappa shape index (κ1) is 18.8. The molecule has 2 rings (SSSR count). The van der Waals surface area contributed by atoms with Gasteiger partial charge in [0, 0.05) is 11.8 Å². The monoisotopic (exact) mass is 361 g/mol. The molecule has 1 atom stereocenters. The highest BCUT2D eigenvalue weighted by molar-refractivity contribution is 8.13. The van der Waals surface area contributed by atoms with Gasteiger partial charge in [0.05, 0.1) is 7.11 Å². The van der Waals surface area contributed by atoms with E-state index in [9.17, 15) is 14.9 Å². The van der Waals surface area contributed by atoms with E-state index in [1.807, 2.05) is 30.3 Å². The van der Waals surface area contributed by atoms with E-state index in [1.54, 1.807) is 18.2 Å². The quantitative estimate of drug-likeness (QED) is 0.524. The summed E-state index contributed by atoms with van der Waals surface area (Å²) in [4.78, 5) is 21.8. The largest absolute Gasteiger partial charge is 0.493 e. The van der Waals surface area contributed by atoms with Crippen molar-refractivity contribution >= 4 is 16.9 Å². The van der Waals surface area contributed by atoms with Gasteiger partial charge in [0.25, 0.3) is 0 Å². The van der Waals surface area contributed by atoms with Crippen molar-refractivity contribution in [2.24, 2.45) is 0 Å². The molecule has 25 heavy (non-hydrogen) atoms. The Bertz CT molecular complexity index is 720. The second-order valence-electron chi connectivity index (χ2n) is 5.30. The van der Waals surface area contributed by atoms with Gasteiger partial charge in [-0.1, -0.05) is 48.2 Å². The molecule has 2 aromatic carbocycles. The van der Waals surface area contributed by atoms with E-state index in [4.69, 9.17) is 9.47 Å². The molecule has 0 heterocycles. The van der Waals surface area contributed by atoms with Crippen molar-refractivity contribution in [3.05, 3.63) is 69.8 Å². The topological polar surface area (TPSA) is 78.7 Å². The van der Waals surface area contributed by atoms with Gasteiger partial charge in [-0.05, 0) is 23.3 Å². The third-order valence-electron chi connectivity index (χ3n) is 3.42. The lowest BCUT2D eigenvalue weighted by molar-refractivity contribution is -0.479. The van der Waals surface area contributed by atoms with E-state index >= 15 is 0 Å². The number of thioether (sulfide) groups is 1. The number of nitrogens with zero attached hydrogens (tertiary/aromatic N) is 1. The van der Waals surface area contributed by atoms with Crippen LogP contribution in [0.15, 0.2) is 48.5 Å². The van der Waals surface area contributed by atoms with Gasteiger partial charge in [-0.25, -0.2) is 0 Å². The number of hydrogen-bond donors (Lipinski definition) is 0. The van der Waals surface area contributed by atoms with Crippen molar-refractivity contribution in [2.45, 2.75) is 18.8 Å². The summed E-state index contributed by atoms with van der Waals surface area (Å²) in [5.74, 6) is 1.02. The van der Waals surface area contributed by atoms with Gasteiger partial charge in [0.2, 0.25) is 6.54 Å². The Balaban J connectivity index is 2.18. The number of carbonyl (C=O) groups is 1. The van der Waals surface area contributed by atoms with Crippen LogP contribution in [0.3, 0.4) is 0 Å². The lowest BCUT2D eigenvalue weighted by Gasteiger charge is -2.15. The van der Waals surface area contributed by atoms with Crippen molar-refractivity contribution in [3.63, 3.8) is 0 Å². The lowest BCUT2D eigenvalue weighted by atomic mass is 10.1. The van der Waals surface area contributed by atoms with Crippen LogP contribution < -0.4 is 9.47 Å². The van der Waals surface area contributed by atoms with Gasteiger partial charge in [-0.3, -0.25) is 14.9 Å². The molecule has 2 aromatic rings. The second-order valence-corrected chi connectivity index (χ2v) is 6.68. The van der Waals surface area contributed by atoms with Crippen LogP contribution in [0.4, 0.5) is 0 Å². The third kappa shape index (κ3) is 5.79. The van der Waals surface area contributed by atoms with Crippen molar-refractivity contribution < 1.29 is 19.2 Å². The minimum Gasteiger partial charge on any atom is -0.493 e. The summed E-state index contributed by atoms with van der Waals surface area (Å²) >= 11 is 0.939. The van der Waals surface area contributed by atoms with Crippen molar-refractivity contribution in [2.75, 3.05) is 13.7 Å². The molecule has 0 aliphatic carbocycles. The number of hydrogen-bond acceptors (Lipinski definition) is 6. The molecule has 0 saturated heterocycles. The van der Waals surface area contributed by atoms with Gasteiger partial charge >= 0.3 is 0 Å². The predicted octanol–water partition coefficient (Wildman–Crippen LogP) is 3.87. The van der Waals surface area contributed by atoms with Gasteiger partial charge in [-0.15, -0.1) is 0 Å². The van der Waals surface area contributed by atoms with Crippen molar-refractivity contribution in [3.8, 4) is 11.5 Å². The number of rotatable bonds is 8. The fourth-order valence-corrected chi connectivity index (χ4v) is 3.17. The highest BCUT2D eigenvalue weighted by atomic mass is 32.2. The van der Waals surface area contributed by atoms with E-state index in [0.29, 0.717) is 23.7 Å². The molecule has 0 bridgehead atoms. The van der Waals surface area contributed by atoms with E-state index < -0.39 is 10.2 Å². The van der Waals surface area contributed by atoms with Gasteiger partial charge < -0.3 is 9.47 Å². The Hall–Kier alpha value is -2.54. The predicted molar refractivity (Wildman–Crippen MR) is 96.6 cm³/mol. The number of nitro groups is 1. The van der Waals surface area contributed by atoms with Crippen LogP contribution in [0.2, 0.25) is 0 Å². The minimum atomic E-state index is -0.565. The standard InChI is InChI=1S/C18H19NO5S/c1-13(20)25-18(11-19(21)22)15-8-9-16(17(10-15)23-2)24-12-14-6-4-3-5-7-14/h3-10,18H,11-12H2,1-2H3/t18-/m0/s1. The van der Waals surface area contributed by atoms with E-state index in [0.717, 1.165) is 17.3 Å². The molecule has 7 heteroatoms. The summed E-state index contributed by atoms with van der Waals surface area (Å²) in [6.07, 6.45) is 0. The second kappa shape index (κ2) is 9.08. The average Bonchev–Trinajstić information content (AvgIpc) is 2.59. The SMILES string of the molecule is COc1cc([C@H](C[N+](=O)[O-])SC(C)=O)ccc1OCc1ccccc1. The van der Waals surface area contributed by atoms with Crippen molar-refractivity contribution in [1.82, 2.24) is 0 Å². The van der Waals surface area contributed by atoms with E-state index in [1.165, 1.54) is 14.0 Å². The fraction of sp³-hybridized carbons (Fsp3) is 0.278. The summed E-state index contributed by atoms with van der Waals surface area (Å²) in [5.41, 5.74) is 1.67. The minimum absolute atomic E-state index is 0.171. The lowest BCUT2D eigenvalue weighted by Crippen LogP contribution is -2.11. The molecule has 0 unspecified atom stereocenters. The molecule has 0 amide bonds. The normalized spacial score (nSPS) is 11.6. The smallest absolute Gasteiger partial charge is 0.220 e. The van der Waals surface area contributed by atoms with Crippen LogP contribution in [0.5, 0.6) is 11.5 Å². The Kier molecular flexibility index (Phi) is 6.82. The highest BCUT2D eigenvalue weighted by Gasteiger charge is 2.22. The summed E-state index contributed by atoms with van der Waals surface area (Å²) in [6, 6.07) is 14.8. The number of benzene rings is 2. The zero-order valence-electron chi connectivity index (χ0n) is 14.0. The molecule has 6 nitrogen and oxygen atoms in total. The van der Waals surface area contributed by atoms with Crippen LogP contribution in [0.1, 0.15) is 23.3 Å². The van der Waals surface area contributed by atoms with Crippen LogP contribution in [0, 0.1) is 10.1 Å². The summed E-state index contributed by atoms with van der Waals surface area (Å²) in [5, 5.41) is 10.1. The Morgan fingerprint density at radius 1 is 1.20 bits per heavy atom.